The minimum Gasteiger partial charge on any atom is -0.490 e. The van der Waals surface area contributed by atoms with E-state index in [1.165, 1.54) is 0 Å². The highest BCUT2D eigenvalue weighted by atomic mass is 28.4. The number of benzene rings is 4. The molecular formula is C37H45NO6Si. The normalized spacial score (nSPS) is 12.2. The first-order chi connectivity index (χ1) is 21.6. The highest BCUT2D eigenvalue weighted by molar-refractivity contribution is 6.74. The highest BCUT2D eigenvalue weighted by Gasteiger charge is 2.38. The summed E-state index contributed by atoms with van der Waals surface area (Å²) in [6, 6.07) is 32.6. The maximum absolute atomic E-state index is 13.2. The average Bonchev–Trinajstić information content (AvgIpc) is 3.04. The second kappa shape index (κ2) is 15.6. The largest absolute Gasteiger partial charge is 0.490 e. The third-order valence-corrected chi connectivity index (χ3v) is 12.5. The molecule has 0 bridgehead atoms. The Bertz CT molecular complexity index is 1430. The molecule has 0 saturated heterocycles. The predicted octanol–water partition coefficient (Wildman–Crippen LogP) is 8.84. The summed E-state index contributed by atoms with van der Waals surface area (Å²) in [5.41, 5.74) is 3.67. The minimum absolute atomic E-state index is 0.0147. The van der Waals surface area contributed by atoms with Crippen LogP contribution in [0.2, 0.25) is 18.1 Å². The summed E-state index contributed by atoms with van der Waals surface area (Å²) in [6.07, 6.45) is -0.544. The topological polar surface area (TPSA) is 75.2 Å². The van der Waals surface area contributed by atoms with Crippen LogP contribution in [0.5, 0.6) is 17.2 Å². The smallest absolute Gasteiger partial charge is 0.408 e. The zero-order valence-electron chi connectivity index (χ0n) is 27.2. The Morgan fingerprint density at radius 1 is 0.733 bits per heavy atom. The van der Waals surface area contributed by atoms with Crippen LogP contribution >= 0.6 is 0 Å². The van der Waals surface area contributed by atoms with Crippen LogP contribution in [0.15, 0.2) is 103 Å². The summed E-state index contributed by atoms with van der Waals surface area (Å²) < 4.78 is 30.7. The quantitative estimate of drug-likeness (QED) is 0.141. The van der Waals surface area contributed by atoms with Gasteiger partial charge in [-0.25, -0.2) is 4.79 Å². The monoisotopic (exact) mass is 627 g/mol. The lowest BCUT2D eigenvalue weighted by Crippen LogP contribution is -2.43. The van der Waals surface area contributed by atoms with Crippen LogP contribution < -0.4 is 19.5 Å². The van der Waals surface area contributed by atoms with Crippen LogP contribution in [0.4, 0.5) is 4.79 Å². The molecule has 4 rings (SSSR count). The fourth-order valence-electron chi connectivity index (χ4n) is 4.32. The van der Waals surface area contributed by atoms with E-state index >= 15 is 0 Å². The second-order valence-corrected chi connectivity index (χ2v) is 17.2. The van der Waals surface area contributed by atoms with Crippen LogP contribution in [-0.4, -0.2) is 28.1 Å². The molecule has 0 aliphatic heterocycles. The van der Waals surface area contributed by atoms with Gasteiger partial charge in [0.15, 0.2) is 19.8 Å². The molecule has 0 radical (unpaired) electrons. The molecular weight excluding hydrogens is 582 g/mol. The van der Waals surface area contributed by atoms with Crippen LogP contribution in [-0.2, 0) is 29.0 Å². The van der Waals surface area contributed by atoms with Crippen LogP contribution in [0.1, 0.15) is 49.1 Å². The fraction of sp³-hybridized carbons (Fsp3) is 0.324. The highest BCUT2D eigenvalue weighted by Crippen LogP contribution is 2.42. The molecule has 0 fully saturated rings. The van der Waals surface area contributed by atoms with E-state index in [0.717, 1.165) is 22.3 Å². The van der Waals surface area contributed by atoms with Gasteiger partial charge in [0.2, 0.25) is 5.75 Å². The minimum atomic E-state index is -2.17. The predicted molar refractivity (Wildman–Crippen MR) is 180 cm³/mol. The average molecular weight is 628 g/mol. The molecule has 0 spiro atoms. The molecule has 0 heterocycles. The van der Waals surface area contributed by atoms with Crippen molar-refractivity contribution in [2.24, 2.45) is 0 Å². The first-order valence-corrected chi connectivity index (χ1v) is 18.1. The number of ether oxygens (including phenoxy) is 4. The van der Waals surface area contributed by atoms with E-state index < -0.39 is 20.5 Å². The molecule has 0 unspecified atom stereocenters. The van der Waals surface area contributed by atoms with Gasteiger partial charge in [0.05, 0.1) is 19.8 Å². The molecule has 45 heavy (non-hydrogen) atoms. The summed E-state index contributed by atoms with van der Waals surface area (Å²) in [6.45, 7) is 12.0. The molecule has 238 valence electrons. The Morgan fingerprint density at radius 3 is 1.60 bits per heavy atom. The van der Waals surface area contributed by atoms with Crippen molar-refractivity contribution in [1.29, 1.82) is 0 Å². The molecule has 1 amide bonds. The van der Waals surface area contributed by atoms with Crippen molar-refractivity contribution in [1.82, 2.24) is 5.32 Å². The summed E-state index contributed by atoms with van der Waals surface area (Å²) in [5, 5.41) is 3.04. The lowest BCUT2D eigenvalue weighted by Gasteiger charge is -2.37. The Hall–Kier alpha value is -4.27. The lowest BCUT2D eigenvalue weighted by atomic mass is 10.1. The number of amides is 1. The van der Waals surface area contributed by atoms with Gasteiger partial charge in [-0.05, 0) is 52.5 Å². The van der Waals surface area contributed by atoms with Gasteiger partial charge in [-0.2, -0.15) is 0 Å². The SMILES string of the molecule is COc1c(OCc2ccccc2)cc([C@H](CO[Si](C)(C)C(C)(C)C)NC(=O)OCc2ccccc2)cc1OCc1ccccc1. The maximum atomic E-state index is 13.2. The summed E-state index contributed by atoms with van der Waals surface area (Å²) in [7, 11) is -0.571. The van der Waals surface area contributed by atoms with Crippen molar-refractivity contribution in [2.45, 2.75) is 64.8 Å². The van der Waals surface area contributed by atoms with E-state index in [-0.39, 0.29) is 18.3 Å². The van der Waals surface area contributed by atoms with Crippen molar-refractivity contribution in [3.8, 4) is 17.2 Å². The molecule has 4 aromatic rings. The summed E-state index contributed by atoms with van der Waals surface area (Å²) in [4.78, 5) is 13.2. The number of nitrogens with one attached hydrogen (secondary N) is 1. The molecule has 1 atom stereocenters. The molecule has 4 aromatic carbocycles. The van der Waals surface area contributed by atoms with Crippen LogP contribution in [0.3, 0.4) is 0 Å². The lowest BCUT2D eigenvalue weighted by molar-refractivity contribution is 0.129. The number of alkyl carbamates (subject to hydrolysis) is 1. The van der Waals surface area contributed by atoms with E-state index in [1.807, 2.05) is 103 Å². The van der Waals surface area contributed by atoms with E-state index in [2.05, 4.69) is 39.2 Å². The van der Waals surface area contributed by atoms with Crippen molar-refractivity contribution in [3.05, 3.63) is 125 Å². The zero-order chi connectivity index (χ0) is 32.3. The Balaban J connectivity index is 1.67. The first-order valence-electron chi connectivity index (χ1n) is 15.2. The van der Waals surface area contributed by atoms with Gasteiger partial charge in [0.1, 0.15) is 19.8 Å². The van der Waals surface area contributed by atoms with Crippen LogP contribution in [0.25, 0.3) is 0 Å². The molecule has 0 saturated carbocycles. The van der Waals surface area contributed by atoms with E-state index in [0.29, 0.717) is 30.5 Å². The van der Waals surface area contributed by atoms with E-state index in [9.17, 15) is 4.79 Å². The molecule has 0 aliphatic rings. The van der Waals surface area contributed by atoms with Gasteiger partial charge in [-0.3, -0.25) is 0 Å². The van der Waals surface area contributed by atoms with Crippen molar-refractivity contribution in [2.75, 3.05) is 13.7 Å². The Labute approximate surface area is 268 Å². The number of carbonyl (C=O) groups is 1. The Kier molecular flexibility index (Phi) is 11.7. The standard InChI is InChI=1S/C37H45NO6Si/c1-37(2,3)45(5,6)44-27-32(38-36(39)43-26-30-20-14-9-15-21-30)31-22-33(41-24-28-16-10-7-11-17-28)35(40-4)34(23-31)42-25-29-18-12-8-13-19-29/h7-23,32H,24-27H2,1-6H3,(H,38,39)/t32-/m0/s1. The molecule has 1 N–H and O–H groups in total. The third-order valence-electron chi connectivity index (χ3n) is 8.05. The number of methoxy groups -OCH3 is 1. The third kappa shape index (κ3) is 9.86. The van der Waals surface area contributed by atoms with Gasteiger partial charge < -0.3 is 28.7 Å². The number of hydrogen-bond donors (Lipinski definition) is 1. The molecule has 7 nitrogen and oxygen atoms in total. The zero-order valence-corrected chi connectivity index (χ0v) is 28.2. The fourth-order valence-corrected chi connectivity index (χ4v) is 5.34. The van der Waals surface area contributed by atoms with Crippen LogP contribution in [0, 0.1) is 0 Å². The number of carbonyl (C=O) groups excluding carboxylic acids is 1. The Morgan fingerprint density at radius 2 is 1.18 bits per heavy atom. The maximum Gasteiger partial charge on any atom is 0.408 e. The first kappa shape index (κ1) is 33.6. The van der Waals surface area contributed by atoms with Crippen molar-refractivity contribution < 1.29 is 28.2 Å². The molecule has 0 aliphatic carbocycles. The molecule has 8 heteroatoms. The van der Waals surface area contributed by atoms with Crippen molar-refractivity contribution >= 4 is 14.4 Å². The molecule has 0 aromatic heterocycles. The van der Waals surface area contributed by atoms with Gasteiger partial charge in [-0.15, -0.1) is 0 Å². The van der Waals surface area contributed by atoms with Gasteiger partial charge >= 0.3 is 6.09 Å². The van der Waals surface area contributed by atoms with Gasteiger partial charge in [0, 0.05) is 0 Å². The number of rotatable bonds is 14. The van der Waals surface area contributed by atoms with E-state index in [4.69, 9.17) is 23.4 Å². The van der Waals surface area contributed by atoms with E-state index in [1.54, 1.807) is 7.11 Å². The second-order valence-electron chi connectivity index (χ2n) is 12.4. The number of hydrogen-bond acceptors (Lipinski definition) is 6. The summed E-state index contributed by atoms with van der Waals surface area (Å²) in [5.74, 6) is 1.47. The van der Waals surface area contributed by atoms with Gasteiger partial charge in [-0.1, -0.05) is 112 Å². The summed E-state index contributed by atoms with van der Waals surface area (Å²) >= 11 is 0. The van der Waals surface area contributed by atoms with Crippen molar-refractivity contribution in [3.63, 3.8) is 0 Å². The van der Waals surface area contributed by atoms with Gasteiger partial charge in [0.25, 0.3) is 0 Å².